The Balaban J connectivity index is 0.00000243. The highest BCUT2D eigenvalue weighted by atomic mass is 35.5. The molecule has 6 nitrogen and oxygen atoms in total. The van der Waals surface area contributed by atoms with Crippen molar-refractivity contribution in [2.24, 2.45) is 11.7 Å². The number of amides is 1. The largest absolute Gasteiger partial charge is 0.329 e. The smallest absolute Gasteiger partial charge is 0.240 e. The van der Waals surface area contributed by atoms with Crippen molar-refractivity contribution in [3.05, 3.63) is 23.8 Å². The molecule has 0 spiro atoms. The summed E-state index contributed by atoms with van der Waals surface area (Å²) in [6, 6.07) is 4.79. The van der Waals surface area contributed by atoms with Crippen LogP contribution in [0.25, 0.3) is 0 Å². The van der Waals surface area contributed by atoms with E-state index in [4.69, 9.17) is 5.73 Å². The van der Waals surface area contributed by atoms with Gasteiger partial charge in [0.2, 0.25) is 15.9 Å². The standard InChI is InChI=1S/C18H27N3O3S.ClH/c1-13(22)21-10-9-15-11-16(7-8-18(15)21)25(23,24)20-17(12-19)14-5-3-2-4-6-14;/h7-8,11,14,17,20H,2-6,9-10,12,19H2,1H3;1H. The normalized spacial score (nSPS) is 18.9. The van der Waals surface area contributed by atoms with Crippen LogP contribution < -0.4 is 15.4 Å². The fourth-order valence-electron chi connectivity index (χ4n) is 4.01. The molecule has 2 aliphatic rings. The Morgan fingerprint density at radius 3 is 2.62 bits per heavy atom. The SMILES string of the molecule is CC(=O)N1CCc2cc(S(=O)(=O)NC(CN)C3CCCCC3)ccc21.Cl. The number of sulfonamides is 1. The zero-order chi connectivity index (χ0) is 18.0. The zero-order valence-corrected chi connectivity index (χ0v) is 16.7. The van der Waals surface area contributed by atoms with E-state index < -0.39 is 10.0 Å². The molecule has 1 aliphatic heterocycles. The minimum absolute atomic E-state index is 0. The van der Waals surface area contributed by atoms with Crippen LogP contribution in [0.15, 0.2) is 23.1 Å². The molecular formula is C18H28ClN3O3S. The third-order valence-electron chi connectivity index (χ3n) is 5.42. The van der Waals surface area contributed by atoms with Gasteiger partial charge in [-0.3, -0.25) is 4.79 Å². The van der Waals surface area contributed by atoms with E-state index in [-0.39, 0.29) is 29.3 Å². The van der Waals surface area contributed by atoms with Crippen LogP contribution in [0.5, 0.6) is 0 Å². The van der Waals surface area contributed by atoms with Gasteiger partial charge in [-0.2, -0.15) is 0 Å². The quantitative estimate of drug-likeness (QED) is 0.791. The van der Waals surface area contributed by atoms with Gasteiger partial charge in [0.05, 0.1) is 4.90 Å². The highest BCUT2D eigenvalue weighted by molar-refractivity contribution is 7.89. The maximum Gasteiger partial charge on any atom is 0.240 e. The van der Waals surface area contributed by atoms with Gasteiger partial charge in [0.25, 0.3) is 0 Å². The number of rotatable bonds is 5. The Kier molecular flexibility index (Phi) is 7.07. The Bertz CT molecular complexity index is 748. The fourth-order valence-corrected chi connectivity index (χ4v) is 5.38. The first-order valence-corrected chi connectivity index (χ1v) is 10.5. The van der Waals surface area contributed by atoms with Crippen LogP contribution >= 0.6 is 12.4 Å². The Labute approximate surface area is 162 Å². The van der Waals surface area contributed by atoms with E-state index in [2.05, 4.69) is 4.72 Å². The molecule has 1 aromatic carbocycles. The summed E-state index contributed by atoms with van der Waals surface area (Å²) in [4.78, 5) is 13.6. The highest BCUT2D eigenvalue weighted by Crippen LogP contribution is 2.31. The van der Waals surface area contributed by atoms with Gasteiger partial charge in [0.15, 0.2) is 0 Å². The van der Waals surface area contributed by atoms with Crippen molar-refractivity contribution >= 4 is 34.0 Å². The zero-order valence-electron chi connectivity index (χ0n) is 15.1. The van der Waals surface area contributed by atoms with Gasteiger partial charge < -0.3 is 10.6 Å². The third-order valence-corrected chi connectivity index (χ3v) is 6.90. The summed E-state index contributed by atoms with van der Waals surface area (Å²) in [5.74, 6) is 0.295. The Hall–Kier alpha value is -1.15. The number of fused-ring (bicyclic) bond motifs is 1. The van der Waals surface area contributed by atoms with Crippen molar-refractivity contribution in [1.82, 2.24) is 4.72 Å². The van der Waals surface area contributed by atoms with E-state index in [1.54, 1.807) is 23.1 Å². The molecule has 1 aliphatic carbocycles. The summed E-state index contributed by atoms with van der Waals surface area (Å²) < 4.78 is 28.4. The number of benzene rings is 1. The molecule has 1 heterocycles. The predicted octanol–water partition coefficient (Wildman–Crippen LogP) is 2.20. The van der Waals surface area contributed by atoms with Crippen molar-refractivity contribution in [2.45, 2.75) is 56.4 Å². The lowest BCUT2D eigenvalue weighted by molar-refractivity contribution is -0.116. The molecule has 8 heteroatoms. The van der Waals surface area contributed by atoms with Gasteiger partial charge in [-0.1, -0.05) is 19.3 Å². The molecule has 0 radical (unpaired) electrons. The number of hydrogen-bond acceptors (Lipinski definition) is 4. The second kappa shape index (κ2) is 8.69. The maximum absolute atomic E-state index is 12.8. The van der Waals surface area contributed by atoms with Crippen molar-refractivity contribution in [1.29, 1.82) is 0 Å². The molecule has 26 heavy (non-hydrogen) atoms. The van der Waals surface area contributed by atoms with Crippen LogP contribution in [-0.2, 0) is 21.2 Å². The van der Waals surface area contributed by atoms with Crippen LogP contribution in [-0.4, -0.2) is 33.5 Å². The Morgan fingerprint density at radius 1 is 1.31 bits per heavy atom. The first kappa shape index (κ1) is 21.2. The molecule has 3 rings (SSSR count). The topological polar surface area (TPSA) is 92.5 Å². The lowest BCUT2D eigenvalue weighted by Crippen LogP contribution is -2.45. The summed E-state index contributed by atoms with van der Waals surface area (Å²) in [6.07, 6.45) is 6.24. The number of nitrogens with zero attached hydrogens (tertiary/aromatic N) is 1. The van der Waals surface area contributed by atoms with E-state index in [1.165, 1.54) is 13.3 Å². The highest BCUT2D eigenvalue weighted by Gasteiger charge is 2.29. The second-order valence-corrected chi connectivity index (χ2v) is 8.79. The molecule has 3 N–H and O–H groups in total. The van der Waals surface area contributed by atoms with Crippen LogP contribution in [0.1, 0.15) is 44.6 Å². The van der Waals surface area contributed by atoms with Crippen LogP contribution in [0.4, 0.5) is 5.69 Å². The van der Waals surface area contributed by atoms with Gasteiger partial charge in [-0.15, -0.1) is 12.4 Å². The number of carbonyl (C=O) groups is 1. The second-order valence-electron chi connectivity index (χ2n) is 7.07. The molecule has 1 saturated carbocycles. The lowest BCUT2D eigenvalue weighted by atomic mass is 9.84. The van der Waals surface area contributed by atoms with Crippen molar-refractivity contribution < 1.29 is 13.2 Å². The van der Waals surface area contributed by atoms with Gasteiger partial charge in [-0.05, 0) is 48.9 Å². The Morgan fingerprint density at radius 2 is 2.00 bits per heavy atom. The van der Waals surface area contributed by atoms with E-state index in [9.17, 15) is 13.2 Å². The fraction of sp³-hybridized carbons (Fsp3) is 0.611. The lowest BCUT2D eigenvalue weighted by Gasteiger charge is -2.29. The number of carbonyl (C=O) groups excluding carboxylic acids is 1. The summed E-state index contributed by atoms with van der Waals surface area (Å²) in [7, 11) is -3.61. The first-order chi connectivity index (χ1) is 11.9. The number of nitrogens with one attached hydrogen (secondary N) is 1. The number of halogens is 1. The first-order valence-electron chi connectivity index (χ1n) is 9.06. The minimum atomic E-state index is -3.61. The number of nitrogens with two attached hydrogens (primary N) is 1. The van der Waals surface area contributed by atoms with E-state index in [0.29, 0.717) is 25.4 Å². The average Bonchev–Trinajstić information content (AvgIpc) is 3.04. The molecule has 0 bridgehead atoms. The van der Waals surface area contributed by atoms with Gasteiger partial charge in [-0.25, -0.2) is 13.1 Å². The van der Waals surface area contributed by atoms with Crippen molar-refractivity contribution in [3.63, 3.8) is 0 Å². The summed E-state index contributed by atoms with van der Waals surface area (Å²) >= 11 is 0. The van der Waals surface area contributed by atoms with Crippen molar-refractivity contribution in [3.8, 4) is 0 Å². The molecule has 1 amide bonds. The molecule has 1 atom stereocenters. The number of anilines is 1. The summed E-state index contributed by atoms with van der Waals surface area (Å²) in [5.41, 5.74) is 7.58. The van der Waals surface area contributed by atoms with Crippen LogP contribution in [0.3, 0.4) is 0 Å². The van der Waals surface area contributed by atoms with Crippen molar-refractivity contribution in [2.75, 3.05) is 18.0 Å². The van der Waals surface area contributed by atoms with E-state index >= 15 is 0 Å². The third kappa shape index (κ3) is 4.39. The van der Waals surface area contributed by atoms with Gasteiger partial charge >= 0.3 is 0 Å². The predicted molar refractivity (Wildman–Crippen MR) is 105 cm³/mol. The minimum Gasteiger partial charge on any atom is -0.329 e. The van der Waals surface area contributed by atoms with Gasteiger partial charge in [0.1, 0.15) is 0 Å². The molecule has 1 aromatic rings. The summed E-state index contributed by atoms with van der Waals surface area (Å²) in [5, 5.41) is 0. The monoisotopic (exact) mass is 401 g/mol. The average molecular weight is 402 g/mol. The summed E-state index contributed by atoms with van der Waals surface area (Å²) in [6.45, 7) is 2.44. The van der Waals surface area contributed by atoms with Crippen LogP contribution in [0.2, 0.25) is 0 Å². The molecular weight excluding hydrogens is 374 g/mol. The molecule has 1 unspecified atom stereocenters. The molecule has 0 aromatic heterocycles. The van der Waals surface area contributed by atoms with Gasteiger partial charge in [0, 0.05) is 31.7 Å². The number of hydrogen-bond donors (Lipinski definition) is 2. The molecule has 146 valence electrons. The molecule has 1 fully saturated rings. The van der Waals surface area contributed by atoms with E-state index in [0.717, 1.165) is 36.9 Å². The van der Waals surface area contributed by atoms with E-state index in [1.807, 2.05) is 0 Å². The van der Waals surface area contributed by atoms with Crippen LogP contribution in [0, 0.1) is 5.92 Å². The molecule has 0 saturated heterocycles. The maximum atomic E-state index is 12.8.